The van der Waals surface area contributed by atoms with E-state index in [1.54, 1.807) is 68.4 Å². The maximum atomic E-state index is 17.8. The van der Waals surface area contributed by atoms with Gasteiger partial charge in [-0.05, 0) is 157 Å². The van der Waals surface area contributed by atoms with Crippen molar-refractivity contribution >= 4 is 17.7 Å². The normalized spacial score (nSPS) is 50.3. The summed E-state index contributed by atoms with van der Waals surface area (Å²) in [6, 6.07) is -1.15. The van der Waals surface area contributed by atoms with Gasteiger partial charge in [-0.2, -0.15) is 0 Å². The molecule has 6 fully saturated rings. The van der Waals surface area contributed by atoms with Crippen molar-refractivity contribution in [2.75, 3.05) is 40.8 Å². The molecule has 1 amide bonds. The highest BCUT2D eigenvalue weighted by molar-refractivity contribution is 6.01. The highest BCUT2D eigenvalue weighted by atomic mass is 19.1. The summed E-state index contributed by atoms with van der Waals surface area (Å²) in [5.74, 6) is -5.38. The number of carbonyl (C=O) groups excluding carboxylic acids is 3. The van der Waals surface area contributed by atoms with Crippen LogP contribution in [0.3, 0.4) is 0 Å². The second-order valence-electron chi connectivity index (χ2n) is 27.5. The van der Waals surface area contributed by atoms with Gasteiger partial charge in [0.05, 0.1) is 47.6 Å². The fourth-order valence-electron chi connectivity index (χ4n) is 16.5. The minimum absolute atomic E-state index is 0.0643. The third-order valence-electron chi connectivity index (χ3n) is 21.7. The predicted octanol–water partition coefficient (Wildman–Crippen LogP) is 4.13. The van der Waals surface area contributed by atoms with Crippen molar-refractivity contribution in [2.24, 2.45) is 46.3 Å². The maximum absolute atomic E-state index is 17.8. The van der Waals surface area contributed by atoms with E-state index in [9.17, 15) is 50.1 Å². The molecule has 19 nitrogen and oxygen atoms in total. The van der Waals surface area contributed by atoms with E-state index in [-0.39, 0.29) is 43.9 Å². The lowest BCUT2D eigenvalue weighted by molar-refractivity contribution is -0.318. The van der Waals surface area contributed by atoms with E-state index in [1.807, 2.05) is 44.7 Å². The number of methoxy groups -OCH3 is 1. The number of hydrogen-bond donors (Lipinski definition) is 8. The van der Waals surface area contributed by atoms with Crippen molar-refractivity contribution in [1.29, 1.82) is 0 Å². The van der Waals surface area contributed by atoms with Crippen LogP contribution in [-0.2, 0) is 42.8 Å². The Morgan fingerprint density at radius 3 is 2.22 bits per heavy atom. The molecular weight excluding hydrogens is 1050 g/mol. The van der Waals surface area contributed by atoms with Crippen LogP contribution in [-0.4, -0.2) is 212 Å². The standard InChI is InChI=1S/C61H102FN3O16/c1-17-45-59(13,74)49(69)37(7)65(15)31-32(2)28-57(11,73)51(35(5)48(36(6)52(71)79-45)80-46-30-58(12,76-16)50(70)38(8)78-46)81-53-47(68)43(26-34(4)77-53)64(14)24-18-23-63-54(72)61(75)33(3)25-42-41-20-19-39-27-40(66)21-22-55(39,9)60(41,62)44(67)29-56(42,61)10/h21-22,27,32-38,41-51,53,67-70,73-75H,17-20,23-26,28-31H2,1-16H3,(H,63,72)/t32-,33-,34-,35+,36-,37-,38+,41?,42?,43+,44+,45-,46?,47-,48+,49-,50+,51-,53?,55+,56+,57-,58-,59-,60+,61+/m1/s1. The van der Waals surface area contributed by atoms with Crippen LogP contribution in [0.15, 0.2) is 23.8 Å². The highest BCUT2D eigenvalue weighted by Gasteiger charge is 2.76. The molecule has 26 atom stereocenters. The predicted molar refractivity (Wildman–Crippen MR) is 299 cm³/mol. The summed E-state index contributed by atoms with van der Waals surface area (Å²) in [5.41, 5.74) is -10.4. The number of nitrogens with zero attached hydrogens (tertiary/aromatic N) is 2. The van der Waals surface area contributed by atoms with Gasteiger partial charge in [0.25, 0.3) is 5.91 Å². The minimum Gasteiger partial charge on any atom is -0.459 e. The third-order valence-corrected chi connectivity index (χ3v) is 21.7. The summed E-state index contributed by atoms with van der Waals surface area (Å²) in [4.78, 5) is 45.2. The molecule has 81 heavy (non-hydrogen) atoms. The van der Waals surface area contributed by atoms with Gasteiger partial charge in [-0.15, -0.1) is 0 Å². The van der Waals surface area contributed by atoms with Crippen molar-refractivity contribution < 1.29 is 82.9 Å². The largest absolute Gasteiger partial charge is 0.459 e. The number of ketones is 1. The van der Waals surface area contributed by atoms with Crippen LogP contribution >= 0.6 is 0 Å². The number of esters is 1. The smallest absolute Gasteiger partial charge is 0.311 e. The SMILES string of the molecule is CC[C@H]1OC(=O)[C@H](C)[C@@H](OC2C[C@@](C)(OC)[C@@H](O)[C@H](C)O2)[C@H](C)[C@@H](OC2O[C@H](C)C[C@H](N(C)CCCNC(=O)[C@@]3(O)[C@H](C)CC4C5CCC6=CC(=O)C=C[C@]6(C)[C@@]5(F)[C@@H](O)C[C@@]43C)[C@H]2O)[C@](C)(O)C[C@@H](C)CN(C)[C@H](C)[C@@H](O)[C@]1(C)O. The number of hydrogen-bond acceptors (Lipinski definition) is 18. The Kier molecular flexibility index (Phi) is 19.8. The van der Waals surface area contributed by atoms with E-state index in [1.165, 1.54) is 26.2 Å². The lowest BCUT2D eigenvalue weighted by atomic mass is 9.44. The Morgan fingerprint density at radius 1 is 0.914 bits per heavy atom. The molecule has 0 radical (unpaired) electrons. The molecule has 0 aromatic carbocycles. The Balaban J connectivity index is 1.09. The number of amides is 1. The van der Waals surface area contributed by atoms with Gasteiger partial charge in [0, 0.05) is 61.4 Å². The van der Waals surface area contributed by atoms with Crippen LogP contribution in [0.2, 0.25) is 0 Å². The second kappa shape index (κ2) is 24.3. The molecule has 0 aromatic rings. The average Bonchev–Trinajstić information content (AvgIpc) is 3.93. The van der Waals surface area contributed by atoms with Crippen LogP contribution < -0.4 is 5.32 Å². The number of halogens is 1. The lowest BCUT2D eigenvalue weighted by Crippen LogP contribution is -2.70. The zero-order valence-electron chi connectivity index (χ0n) is 51.3. The van der Waals surface area contributed by atoms with Crippen molar-refractivity contribution in [2.45, 2.75) is 255 Å². The first-order valence-corrected chi connectivity index (χ1v) is 30.1. The summed E-state index contributed by atoms with van der Waals surface area (Å²) >= 11 is 0. The maximum Gasteiger partial charge on any atom is 0.311 e. The van der Waals surface area contributed by atoms with E-state index >= 15 is 4.39 Å². The van der Waals surface area contributed by atoms with Gasteiger partial charge < -0.3 is 79.3 Å². The molecule has 3 saturated heterocycles. The molecule has 3 aliphatic heterocycles. The number of nitrogens with one attached hydrogen (secondary N) is 1. The molecule has 0 aromatic heterocycles. The molecule has 4 unspecified atom stereocenters. The Labute approximate surface area is 480 Å². The van der Waals surface area contributed by atoms with Crippen LogP contribution in [0, 0.1) is 46.3 Å². The first-order chi connectivity index (χ1) is 37.5. The molecule has 7 rings (SSSR count). The number of cyclic esters (lactones) is 1. The minimum atomic E-state index is -2.10. The van der Waals surface area contributed by atoms with Gasteiger partial charge in [0.2, 0.25) is 0 Å². The van der Waals surface area contributed by atoms with Gasteiger partial charge in [-0.1, -0.05) is 46.3 Å². The topological polar surface area (TPSA) is 267 Å². The molecule has 20 heteroatoms. The number of carbonyl (C=O) groups is 3. The molecule has 4 aliphatic carbocycles. The number of alkyl halides is 1. The van der Waals surface area contributed by atoms with Crippen molar-refractivity contribution in [3.05, 3.63) is 23.8 Å². The van der Waals surface area contributed by atoms with Crippen LogP contribution in [0.25, 0.3) is 0 Å². The van der Waals surface area contributed by atoms with Gasteiger partial charge in [0.15, 0.2) is 29.6 Å². The first-order valence-electron chi connectivity index (χ1n) is 30.1. The molecule has 0 spiro atoms. The van der Waals surface area contributed by atoms with Crippen molar-refractivity contribution in [1.82, 2.24) is 15.1 Å². The molecule has 8 N–H and O–H groups in total. The Hall–Kier alpha value is -2.54. The molecular formula is C61H102FN3O16. The summed E-state index contributed by atoms with van der Waals surface area (Å²) in [6.45, 7) is 23.6. The average molecular weight is 1150 g/mol. The zero-order chi connectivity index (χ0) is 60.5. The van der Waals surface area contributed by atoms with E-state index in [2.05, 4.69) is 5.32 Å². The van der Waals surface area contributed by atoms with E-state index in [0.717, 1.165) is 0 Å². The van der Waals surface area contributed by atoms with E-state index in [0.29, 0.717) is 50.8 Å². The number of aliphatic hydroxyl groups excluding tert-OH is 4. The fourth-order valence-corrected chi connectivity index (χ4v) is 16.5. The van der Waals surface area contributed by atoms with Gasteiger partial charge in [0.1, 0.15) is 30.0 Å². The van der Waals surface area contributed by atoms with Crippen molar-refractivity contribution in [3.8, 4) is 0 Å². The Morgan fingerprint density at radius 2 is 1.58 bits per heavy atom. The van der Waals surface area contributed by atoms with Crippen LogP contribution in [0.1, 0.15) is 148 Å². The van der Waals surface area contributed by atoms with Crippen LogP contribution in [0.5, 0.6) is 0 Å². The quantitative estimate of drug-likeness (QED) is 0.101. The number of ether oxygens (including phenoxy) is 6. The first kappa shape index (κ1) is 66.0. The summed E-state index contributed by atoms with van der Waals surface area (Å²) in [7, 11) is 5.15. The van der Waals surface area contributed by atoms with Gasteiger partial charge in [-0.25, -0.2) is 4.39 Å². The molecule has 464 valence electrons. The summed E-state index contributed by atoms with van der Waals surface area (Å²) < 4.78 is 56.2. The number of allylic oxidation sites excluding steroid dienone is 4. The second-order valence-corrected chi connectivity index (χ2v) is 27.5. The molecule has 7 aliphatic rings. The van der Waals surface area contributed by atoms with Gasteiger partial charge in [-0.3, -0.25) is 14.4 Å². The molecule has 0 bridgehead atoms. The molecule has 3 saturated carbocycles. The number of likely N-dealkylation sites (N-methyl/N-ethyl adjacent to an activating group) is 2. The fraction of sp³-hybridized carbons (Fsp3) is 0.885. The lowest BCUT2D eigenvalue weighted by Gasteiger charge is -2.62. The number of fused-ring (bicyclic) bond motifs is 5. The Bertz CT molecular complexity index is 2310. The van der Waals surface area contributed by atoms with Gasteiger partial charge >= 0.3 is 5.97 Å². The summed E-state index contributed by atoms with van der Waals surface area (Å²) in [6.07, 6.45) is -5.39. The van der Waals surface area contributed by atoms with Crippen molar-refractivity contribution in [3.63, 3.8) is 0 Å². The monoisotopic (exact) mass is 1150 g/mol. The van der Waals surface area contributed by atoms with E-state index in [4.69, 9.17) is 28.4 Å². The number of aliphatic hydroxyl groups is 7. The third kappa shape index (κ3) is 11.8. The molecule has 3 heterocycles. The van der Waals surface area contributed by atoms with E-state index < -0.39 is 160 Å². The number of rotatable bonds is 12. The zero-order valence-corrected chi connectivity index (χ0v) is 51.3. The van der Waals surface area contributed by atoms with Crippen LogP contribution in [0.4, 0.5) is 4.39 Å². The summed E-state index contributed by atoms with van der Waals surface area (Å²) in [5, 5.41) is 87.5. The highest BCUT2D eigenvalue weighted by Crippen LogP contribution is 2.70.